The van der Waals surface area contributed by atoms with Crippen LogP contribution in [0.5, 0.6) is 0 Å². The van der Waals surface area contributed by atoms with Crippen molar-refractivity contribution in [2.75, 3.05) is 0 Å². The van der Waals surface area contributed by atoms with Gasteiger partial charge in [0.15, 0.2) is 0 Å². The Kier molecular flexibility index (Phi) is 3.97. The number of carbonyl (C=O) groups is 1. The van der Waals surface area contributed by atoms with Gasteiger partial charge in [-0.3, -0.25) is 9.59 Å². The second-order valence-corrected chi connectivity index (χ2v) is 6.58. The highest BCUT2D eigenvalue weighted by Crippen LogP contribution is 2.19. The predicted molar refractivity (Wildman–Crippen MR) is 78.0 cm³/mol. The SMILES string of the molecule is Cc1nc(C(C)(C)C)[nH]c(=O)c1C(=O)NC1CCCC1. The maximum absolute atomic E-state index is 12.2. The lowest BCUT2D eigenvalue weighted by Gasteiger charge is -2.19. The molecule has 1 aliphatic carbocycles. The fourth-order valence-electron chi connectivity index (χ4n) is 2.54. The first-order valence-corrected chi connectivity index (χ1v) is 7.21. The van der Waals surface area contributed by atoms with Crippen LogP contribution in [-0.4, -0.2) is 21.9 Å². The van der Waals surface area contributed by atoms with Crippen LogP contribution < -0.4 is 10.9 Å². The molecular formula is C15H23N3O2. The molecule has 1 heterocycles. The molecule has 0 aromatic carbocycles. The van der Waals surface area contributed by atoms with E-state index in [2.05, 4.69) is 15.3 Å². The molecule has 1 fully saturated rings. The smallest absolute Gasteiger partial charge is 0.264 e. The number of carbonyl (C=O) groups excluding carboxylic acids is 1. The van der Waals surface area contributed by atoms with Gasteiger partial charge in [-0.25, -0.2) is 4.98 Å². The minimum Gasteiger partial charge on any atom is -0.349 e. The molecule has 1 amide bonds. The van der Waals surface area contributed by atoms with Crippen molar-refractivity contribution in [3.8, 4) is 0 Å². The highest BCUT2D eigenvalue weighted by Gasteiger charge is 2.24. The Morgan fingerprint density at radius 3 is 2.40 bits per heavy atom. The number of H-pyrrole nitrogens is 1. The summed E-state index contributed by atoms with van der Waals surface area (Å²) in [5.41, 5.74) is 0.0432. The van der Waals surface area contributed by atoms with Crippen molar-refractivity contribution in [3.05, 3.63) is 27.4 Å². The van der Waals surface area contributed by atoms with Gasteiger partial charge in [0.05, 0.1) is 5.69 Å². The monoisotopic (exact) mass is 277 g/mol. The number of nitrogens with one attached hydrogen (secondary N) is 2. The fourth-order valence-corrected chi connectivity index (χ4v) is 2.54. The minimum atomic E-state index is -0.349. The van der Waals surface area contributed by atoms with E-state index in [1.54, 1.807) is 6.92 Å². The molecule has 0 saturated heterocycles. The molecule has 2 rings (SSSR count). The van der Waals surface area contributed by atoms with Gasteiger partial charge < -0.3 is 10.3 Å². The summed E-state index contributed by atoms with van der Waals surface area (Å²) in [7, 11) is 0. The molecule has 20 heavy (non-hydrogen) atoms. The van der Waals surface area contributed by atoms with Crippen LogP contribution in [0, 0.1) is 6.92 Å². The number of rotatable bonds is 2. The van der Waals surface area contributed by atoms with Gasteiger partial charge in [-0.2, -0.15) is 0 Å². The molecule has 0 radical (unpaired) electrons. The Hall–Kier alpha value is -1.65. The summed E-state index contributed by atoms with van der Waals surface area (Å²) in [4.78, 5) is 31.5. The Bertz CT molecular complexity index is 563. The number of hydrogen-bond acceptors (Lipinski definition) is 3. The van der Waals surface area contributed by atoms with Gasteiger partial charge in [0.2, 0.25) is 0 Å². The Balaban J connectivity index is 2.28. The van der Waals surface area contributed by atoms with Crippen molar-refractivity contribution in [2.24, 2.45) is 0 Å². The highest BCUT2D eigenvalue weighted by molar-refractivity contribution is 5.95. The summed E-state index contributed by atoms with van der Waals surface area (Å²) in [6.07, 6.45) is 4.27. The van der Waals surface area contributed by atoms with Crippen LogP contribution in [0.3, 0.4) is 0 Å². The molecule has 1 aliphatic rings. The Labute approximate surface area is 119 Å². The first-order chi connectivity index (χ1) is 9.29. The van der Waals surface area contributed by atoms with Crippen molar-refractivity contribution < 1.29 is 4.79 Å². The lowest BCUT2D eigenvalue weighted by molar-refractivity contribution is 0.0935. The third-order valence-electron chi connectivity index (χ3n) is 3.73. The number of aryl methyl sites for hydroxylation is 1. The summed E-state index contributed by atoms with van der Waals surface area (Å²) >= 11 is 0. The second-order valence-electron chi connectivity index (χ2n) is 6.58. The van der Waals surface area contributed by atoms with Gasteiger partial charge in [0.25, 0.3) is 11.5 Å². The molecule has 0 aliphatic heterocycles. The lowest BCUT2D eigenvalue weighted by Crippen LogP contribution is -2.38. The van der Waals surface area contributed by atoms with Crippen molar-refractivity contribution >= 4 is 5.91 Å². The average Bonchev–Trinajstić information content (AvgIpc) is 2.79. The first-order valence-electron chi connectivity index (χ1n) is 7.21. The van der Waals surface area contributed by atoms with E-state index < -0.39 is 0 Å². The topological polar surface area (TPSA) is 74.8 Å². The summed E-state index contributed by atoms with van der Waals surface area (Å²) in [5.74, 6) is 0.307. The number of aromatic amines is 1. The molecule has 0 atom stereocenters. The Morgan fingerprint density at radius 2 is 1.90 bits per heavy atom. The quantitative estimate of drug-likeness (QED) is 0.868. The summed E-state index contributed by atoms with van der Waals surface area (Å²) in [5, 5.41) is 2.94. The van der Waals surface area contributed by atoms with E-state index >= 15 is 0 Å². The molecule has 5 heteroatoms. The summed E-state index contributed by atoms with van der Waals surface area (Å²) in [6, 6.07) is 0.198. The third-order valence-corrected chi connectivity index (χ3v) is 3.73. The summed E-state index contributed by atoms with van der Waals surface area (Å²) in [6.45, 7) is 7.64. The van der Waals surface area contributed by atoms with Crippen LogP contribution >= 0.6 is 0 Å². The number of aromatic nitrogens is 2. The van der Waals surface area contributed by atoms with Gasteiger partial charge in [-0.15, -0.1) is 0 Å². The van der Waals surface area contributed by atoms with E-state index in [0.29, 0.717) is 11.5 Å². The molecule has 0 unspecified atom stereocenters. The molecule has 1 aromatic rings. The number of nitrogens with zero attached hydrogens (tertiary/aromatic N) is 1. The third kappa shape index (κ3) is 3.08. The average molecular weight is 277 g/mol. The predicted octanol–water partition coefficient (Wildman–Crippen LogP) is 2.05. The van der Waals surface area contributed by atoms with E-state index in [9.17, 15) is 9.59 Å². The van der Waals surface area contributed by atoms with Gasteiger partial charge >= 0.3 is 0 Å². The second kappa shape index (κ2) is 5.38. The van der Waals surface area contributed by atoms with Crippen LogP contribution in [0.2, 0.25) is 0 Å². The van der Waals surface area contributed by atoms with Gasteiger partial charge in [0.1, 0.15) is 11.4 Å². The van der Waals surface area contributed by atoms with Gasteiger partial charge in [-0.1, -0.05) is 33.6 Å². The largest absolute Gasteiger partial charge is 0.349 e. The Morgan fingerprint density at radius 1 is 1.30 bits per heavy atom. The van der Waals surface area contributed by atoms with Crippen molar-refractivity contribution in [3.63, 3.8) is 0 Å². The molecule has 1 saturated carbocycles. The van der Waals surface area contributed by atoms with Crippen LogP contribution in [0.4, 0.5) is 0 Å². The van der Waals surface area contributed by atoms with E-state index in [-0.39, 0.29) is 28.5 Å². The first kappa shape index (κ1) is 14.8. The molecule has 5 nitrogen and oxygen atoms in total. The molecule has 2 N–H and O–H groups in total. The number of amides is 1. The highest BCUT2D eigenvalue weighted by atomic mass is 16.2. The molecule has 110 valence electrons. The molecule has 0 spiro atoms. The molecule has 0 bridgehead atoms. The van der Waals surface area contributed by atoms with E-state index in [1.165, 1.54) is 0 Å². The van der Waals surface area contributed by atoms with Gasteiger partial charge in [0, 0.05) is 11.5 Å². The summed E-state index contributed by atoms with van der Waals surface area (Å²) < 4.78 is 0. The number of hydrogen-bond donors (Lipinski definition) is 2. The minimum absolute atomic E-state index is 0.143. The fraction of sp³-hybridized carbons (Fsp3) is 0.667. The normalized spacial score (nSPS) is 16.4. The zero-order valence-electron chi connectivity index (χ0n) is 12.7. The van der Waals surface area contributed by atoms with E-state index in [0.717, 1.165) is 25.7 Å². The van der Waals surface area contributed by atoms with E-state index in [1.807, 2.05) is 20.8 Å². The van der Waals surface area contributed by atoms with Crippen molar-refractivity contribution in [1.82, 2.24) is 15.3 Å². The zero-order valence-corrected chi connectivity index (χ0v) is 12.7. The van der Waals surface area contributed by atoms with Gasteiger partial charge in [-0.05, 0) is 19.8 Å². The standard InChI is InChI=1S/C15H23N3O2/c1-9-11(12(19)17-10-7-5-6-8-10)13(20)18-14(16-9)15(2,3)4/h10H,5-8H2,1-4H3,(H,17,19)(H,16,18,20). The lowest BCUT2D eigenvalue weighted by atomic mass is 9.95. The van der Waals surface area contributed by atoms with Crippen LogP contribution in [0.25, 0.3) is 0 Å². The maximum atomic E-state index is 12.2. The zero-order chi connectivity index (χ0) is 14.9. The van der Waals surface area contributed by atoms with E-state index in [4.69, 9.17) is 0 Å². The van der Waals surface area contributed by atoms with Crippen molar-refractivity contribution in [2.45, 2.75) is 64.8 Å². The van der Waals surface area contributed by atoms with Crippen LogP contribution in [-0.2, 0) is 5.41 Å². The van der Waals surface area contributed by atoms with Crippen LogP contribution in [0.1, 0.15) is 68.3 Å². The maximum Gasteiger partial charge on any atom is 0.264 e. The van der Waals surface area contributed by atoms with Crippen molar-refractivity contribution in [1.29, 1.82) is 0 Å². The van der Waals surface area contributed by atoms with Crippen LogP contribution in [0.15, 0.2) is 4.79 Å². The molecule has 1 aromatic heterocycles. The molecular weight excluding hydrogens is 254 g/mol.